The number of hydrogen-bond donors (Lipinski definition) is 0. The van der Waals surface area contributed by atoms with Crippen LogP contribution in [0, 0.1) is 6.92 Å². The Hall–Kier alpha value is -1.69. The second-order valence-corrected chi connectivity index (χ2v) is 5.25. The smallest absolute Gasteiger partial charge is 0.258 e. The van der Waals surface area contributed by atoms with E-state index in [1.165, 1.54) is 0 Å². The highest BCUT2D eigenvalue weighted by molar-refractivity contribution is 5.17. The maximum Gasteiger partial charge on any atom is 0.258 e. The predicted molar refractivity (Wildman–Crippen MR) is 70.1 cm³/mol. The minimum absolute atomic E-state index is 0.371. The topological polar surface area (TPSA) is 74.2 Å². The molecule has 1 saturated carbocycles. The molecule has 2 aromatic heterocycles. The molecule has 0 saturated heterocycles. The molecule has 0 bridgehead atoms. The Labute approximate surface area is 117 Å². The van der Waals surface area contributed by atoms with Gasteiger partial charge in [0.25, 0.3) is 5.89 Å². The Morgan fingerprint density at radius 3 is 2.75 bits per heavy atom. The zero-order valence-corrected chi connectivity index (χ0v) is 11.9. The van der Waals surface area contributed by atoms with Crippen LogP contribution in [0.15, 0.2) is 15.3 Å². The van der Waals surface area contributed by atoms with E-state index in [4.69, 9.17) is 13.8 Å². The van der Waals surface area contributed by atoms with E-state index in [-0.39, 0.29) is 5.60 Å². The summed E-state index contributed by atoms with van der Waals surface area (Å²) in [7, 11) is 0. The third kappa shape index (κ3) is 2.35. The van der Waals surface area contributed by atoms with Crippen molar-refractivity contribution in [1.82, 2.24) is 15.3 Å². The SMILES string of the molecule is CCOC1(c2nc(Cc3conc3C)no2)CCCC1. The molecule has 0 amide bonds. The van der Waals surface area contributed by atoms with Crippen LogP contribution in [-0.4, -0.2) is 21.9 Å². The van der Waals surface area contributed by atoms with Gasteiger partial charge in [0.05, 0.1) is 5.69 Å². The van der Waals surface area contributed by atoms with Crippen LogP contribution in [0.2, 0.25) is 0 Å². The van der Waals surface area contributed by atoms with E-state index >= 15 is 0 Å². The van der Waals surface area contributed by atoms with Crippen LogP contribution in [0.25, 0.3) is 0 Å². The first-order valence-corrected chi connectivity index (χ1v) is 7.10. The molecule has 0 unspecified atom stereocenters. The van der Waals surface area contributed by atoms with E-state index in [9.17, 15) is 0 Å². The van der Waals surface area contributed by atoms with E-state index in [2.05, 4.69) is 15.3 Å². The maximum absolute atomic E-state index is 5.92. The van der Waals surface area contributed by atoms with Gasteiger partial charge in [0.1, 0.15) is 11.9 Å². The molecule has 0 aromatic carbocycles. The second kappa shape index (κ2) is 5.36. The summed E-state index contributed by atoms with van der Waals surface area (Å²) in [6.07, 6.45) is 6.38. The third-order valence-electron chi connectivity index (χ3n) is 3.89. The van der Waals surface area contributed by atoms with Crippen molar-refractivity contribution in [2.24, 2.45) is 0 Å². The fraction of sp³-hybridized carbons (Fsp3) is 0.643. The molecule has 0 atom stereocenters. The third-order valence-corrected chi connectivity index (χ3v) is 3.89. The van der Waals surface area contributed by atoms with Crippen molar-refractivity contribution in [3.63, 3.8) is 0 Å². The molecule has 3 rings (SSSR count). The molecule has 0 spiro atoms. The van der Waals surface area contributed by atoms with Crippen molar-refractivity contribution in [2.75, 3.05) is 6.61 Å². The minimum atomic E-state index is -0.371. The van der Waals surface area contributed by atoms with Gasteiger partial charge in [0.15, 0.2) is 5.82 Å². The summed E-state index contributed by atoms with van der Waals surface area (Å²) in [6.45, 7) is 4.55. The summed E-state index contributed by atoms with van der Waals surface area (Å²) >= 11 is 0. The van der Waals surface area contributed by atoms with Gasteiger partial charge < -0.3 is 13.8 Å². The Morgan fingerprint density at radius 2 is 2.10 bits per heavy atom. The number of nitrogens with zero attached hydrogens (tertiary/aromatic N) is 3. The second-order valence-electron chi connectivity index (χ2n) is 5.25. The van der Waals surface area contributed by atoms with Crippen LogP contribution in [0.5, 0.6) is 0 Å². The minimum Gasteiger partial charge on any atom is -0.365 e. The summed E-state index contributed by atoms with van der Waals surface area (Å²) < 4.78 is 16.3. The molecule has 20 heavy (non-hydrogen) atoms. The normalized spacial score (nSPS) is 17.7. The first-order chi connectivity index (χ1) is 9.73. The van der Waals surface area contributed by atoms with E-state index in [1.54, 1.807) is 6.26 Å². The fourth-order valence-electron chi connectivity index (χ4n) is 2.81. The number of hydrogen-bond acceptors (Lipinski definition) is 6. The van der Waals surface area contributed by atoms with Crippen LogP contribution in [0.1, 0.15) is 55.6 Å². The summed E-state index contributed by atoms with van der Waals surface area (Å²) in [5, 5.41) is 7.92. The number of ether oxygens (including phenoxy) is 1. The molecule has 2 heterocycles. The van der Waals surface area contributed by atoms with Crippen molar-refractivity contribution in [1.29, 1.82) is 0 Å². The van der Waals surface area contributed by atoms with Gasteiger partial charge in [-0.15, -0.1) is 0 Å². The van der Waals surface area contributed by atoms with Gasteiger partial charge in [0.2, 0.25) is 0 Å². The lowest BCUT2D eigenvalue weighted by Gasteiger charge is -2.24. The zero-order valence-electron chi connectivity index (χ0n) is 11.9. The van der Waals surface area contributed by atoms with Crippen LogP contribution < -0.4 is 0 Å². The molecule has 1 fully saturated rings. The highest BCUT2D eigenvalue weighted by atomic mass is 16.5. The van der Waals surface area contributed by atoms with E-state index in [0.29, 0.717) is 24.7 Å². The first-order valence-electron chi connectivity index (χ1n) is 7.10. The van der Waals surface area contributed by atoms with Crippen molar-refractivity contribution >= 4 is 0 Å². The average molecular weight is 277 g/mol. The van der Waals surface area contributed by atoms with Crippen LogP contribution in [-0.2, 0) is 16.8 Å². The summed E-state index contributed by atoms with van der Waals surface area (Å²) in [5.41, 5.74) is 1.47. The highest BCUT2D eigenvalue weighted by Crippen LogP contribution is 2.41. The summed E-state index contributed by atoms with van der Waals surface area (Å²) in [5.74, 6) is 1.26. The predicted octanol–water partition coefficient (Wildman–Crippen LogP) is 2.76. The summed E-state index contributed by atoms with van der Waals surface area (Å²) in [6, 6.07) is 0. The average Bonchev–Trinajstić information content (AvgIpc) is 3.13. The van der Waals surface area contributed by atoms with E-state index in [1.807, 2.05) is 13.8 Å². The zero-order chi connectivity index (χ0) is 14.0. The molecule has 6 nitrogen and oxygen atoms in total. The van der Waals surface area contributed by atoms with Crippen molar-refractivity contribution < 1.29 is 13.8 Å². The van der Waals surface area contributed by atoms with Gasteiger partial charge >= 0.3 is 0 Å². The van der Waals surface area contributed by atoms with Gasteiger partial charge in [-0.1, -0.05) is 10.3 Å². The molecule has 1 aliphatic rings. The molecule has 0 aliphatic heterocycles. The van der Waals surface area contributed by atoms with Crippen LogP contribution in [0.4, 0.5) is 0 Å². The summed E-state index contributed by atoms with van der Waals surface area (Å²) in [4.78, 5) is 4.53. The Morgan fingerprint density at radius 1 is 1.30 bits per heavy atom. The Bertz CT molecular complexity index is 570. The van der Waals surface area contributed by atoms with Crippen molar-refractivity contribution in [3.05, 3.63) is 29.2 Å². The molecular formula is C14H19N3O3. The lowest BCUT2D eigenvalue weighted by molar-refractivity contribution is -0.0610. The Balaban J connectivity index is 1.80. The largest absolute Gasteiger partial charge is 0.365 e. The van der Waals surface area contributed by atoms with Gasteiger partial charge in [0, 0.05) is 18.6 Å². The molecule has 6 heteroatoms. The number of rotatable bonds is 5. The fourth-order valence-corrected chi connectivity index (χ4v) is 2.81. The van der Waals surface area contributed by atoms with Crippen LogP contribution >= 0.6 is 0 Å². The lowest BCUT2D eigenvalue weighted by Crippen LogP contribution is -2.26. The lowest BCUT2D eigenvalue weighted by atomic mass is 10.0. The van der Waals surface area contributed by atoms with Crippen molar-refractivity contribution in [2.45, 2.75) is 51.6 Å². The molecule has 1 aliphatic carbocycles. The number of aromatic nitrogens is 3. The van der Waals surface area contributed by atoms with E-state index in [0.717, 1.165) is 36.9 Å². The standard InChI is InChI=1S/C14H19N3O3/c1-3-18-14(6-4-5-7-14)13-15-12(17-20-13)8-11-9-19-16-10(11)2/h9H,3-8H2,1-2H3. The first kappa shape index (κ1) is 13.3. The van der Waals surface area contributed by atoms with Gasteiger partial charge in [-0.3, -0.25) is 0 Å². The van der Waals surface area contributed by atoms with Gasteiger partial charge in [-0.05, 0) is 39.5 Å². The molecule has 0 radical (unpaired) electrons. The molecule has 2 aromatic rings. The molecule has 108 valence electrons. The highest BCUT2D eigenvalue weighted by Gasteiger charge is 2.41. The maximum atomic E-state index is 5.92. The van der Waals surface area contributed by atoms with Crippen molar-refractivity contribution in [3.8, 4) is 0 Å². The number of aryl methyl sites for hydroxylation is 1. The van der Waals surface area contributed by atoms with Gasteiger partial charge in [-0.2, -0.15) is 4.98 Å². The quantitative estimate of drug-likeness (QED) is 0.836. The van der Waals surface area contributed by atoms with Crippen LogP contribution in [0.3, 0.4) is 0 Å². The monoisotopic (exact) mass is 277 g/mol. The van der Waals surface area contributed by atoms with Gasteiger partial charge in [-0.25, -0.2) is 0 Å². The molecule has 0 N–H and O–H groups in total. The van der Waals surface area contributed by atoms with E-state index < -0.39 is 0 Å². The Kier molecular flexibility index (Phi) is 3.56. The molecular weight excluding hydrogens is 258 g/mol.